The first-order valence-electron chi connectivity index (χ1n) is 8.09. The van der Waals surface area contributed by atoms with Crippen LogP contribution >= 0.6 is 15.9 Å². The van der Waals surface area contributed by atoms with Crippen molar-refractivity contribution in [1.82, 2.24) is 9.78 Å². The summed E-state index contributed by atoms with van der Waals surface area (Å²) in [6.07, 6.45) is 4.04. The Morgan fingerprint density at radius 3 is 2.84 bits per heavy atom. The number of carbonyl (C=O) groups excluding carboxylic acids is 1. The molecule has 25 heavy (non-hydrogen) atoms. The number of rotatable bonds is 7. The molecule has 0 radical (unpaired) electrons. The van der Waals surface area contributed by atoms with Gasteiger partial charge in [0.15, 0.2) is 9.84 Å². The zero-order valence-electron chi connectivity index (χ0n) is 13.9. The second-order valence-corrected chi connectivity index (χ2v) is 9.49. The lowest BCUT2D eigenvalue weighted by Gasteiger charge is -2.10. The molecule has 1 N–H and O–H groups in total. The normalized spacial score (nSPS) is 14.5. The number of aromatic nitrogens is 2. The van der Waals surface area contributed by atoms with Crippen molar-refractivity contribution in [2.45, 2.75) is 32.1 Å². The van der Waals surface area contributed by atoms with Gasteiger partial charge in [-0.15, -0.1) is 0 Å². The van der Waals surface area contributed by atoms with E-state index in [0.29, 0.717) is 17.3 Å². The molecule has 2 aromatic rings. The second-order valence-electron chi connectivity index (χ2n) is 6.51. The molecule has 1 aliphatic rings. The van der Waals surface area contributed by atoms with E-state index in [2.05, 4.69) is 26.3 Å². The number of hydrogen-bond donors (Lipinski definition) is 1. The number of carbonyl (C=O) groups is 1. The lowest BCUT2D eigenvalue weighted by Crippen LogP contribution is -2.25. The zero-order valence-corrected chi connectivity index (χ0v) is 16.3. The molecule has 1 amide bonds. The standard InChI is InChI=1S/C17H20BrN3O3S/c1-12-8-19-21(9-13-5-6-13)17(12)20-16(22)11-25(23,24)10-14-3-2-4-15(18)7-14/h2-4,7-8,13H,5-6,9-11H2,1H3,(H,20,22). The maximum absolute atomic E-state index is 12.3. The number of nitrogens with zero attached hydrogens (tertiary/aromatic N) is 2. The molecule has 0 atom stereocenters. The molecule has 1 aliphatic carbocycles. The van der Waals surface area contributed by atoms with Gasteiger partial charge in [0, 0.05) is 16.6 Å². The van der Waals surface area contributed by atoms with Crippen molar-refractivity contribution < 1.29 is 13.2 Å². The third-order valence-electron chi connectivity index (χ3n) is 4.03. The monoisotopic (exact) mass is 425 g/mol. The predicted octanol–water partition coefficient (Wildman–Crippen LogP) is 2.92. The summed E-state index contributed by atoms with van der Waals surface area (Å²) in [5.41, 5.74) is 1.48. The van der Waals surface area contributed by atoms with Gasteiger partial charge in [0.2, 0.25) is 5.91 Å². The number of amides is 1. The second kappa shape index (κ2) is 7.29. The molecular weight excluding hydrogens is 406 g/mol. The van der Waals surface area contributed by atoms with Crippen LogP contribution < -0.4 is 5.32 Å². The van der Waals surface area contributed by atoms with Gasteiger partial charge >= 0.3 is 0 Å². The fourth-order valence-electron chi connectivity index (χ4n) is 2.62. The van der Waals surface area contributed by atoms with Crippen molar-refractivity contribution in [3.63, 3.8) is 0 Å². The molecule has 0 bridgehead atoms. The molecular formula is C17H20BrN3O3S. The third kappa shape index (κ3) is 5.15. The molecule has 1 fully saturated rings. The number of halogens is 1. The van der Waals surface area contributed by atoms with E-state index in [4.69, 9.17) is 0 Å². The van der Waals surface area contributed by atoms with Gasteiger partial charge in [-0.1, -0.05) is 28.1 Å². The number of aryl methyl sites for hydroxylation is 1. The molecule has 0 unspecified atom stereocenters. The van der Waals surface area contributed by atoms with Crippen molar-refractivity contribution in [2.24, 2.45) is 5.92 Å². The van der Waals surface area contributed by atoms with Gasteiger partial charge in [-0.05, 0) is 43.4 Å². The van der Waals surface area contributed by atoms with Crippen LogP contribution in [0.3, 0.4) is 0 Å². The van der Waals surface area contributed by atoms with E-state index in [1.165, 1.54) is 12.8 Å². The van der Waals surface area contributed by atoms with Crippen LogP contribution in [0.25, 0.3) is 0 Å². The molecule has 0 aliphatic heterocycles. The summed E-state index contributed by atoms with van der Waals surface area (Å²) < 4.78 is 27.2. The van der Waals surface area contributed by atoms with Gasteiger partial charge in [-0.25, -0.2) is 13.1 Å². The number of hydrogen-bond acceptors (Lipinski definition) is 4. The van der Waals surface area contributed by atoms with Crippen LogP contribution in [-0.2, 0) is 26.9 Å². The smallest absolute Gasteiger partial charge is 0.240 e. The summed E-state index contributed by atoms with van der Waals surface area (Å²) in [5, 5.41) is 6.99. The summed E-state index contributed by atoms with van der Waals surface area (Å²) >= 11 is 3.32. The van der Waals surface area contributed by atoms with Crippen molar-refractivity contribution in [2.75, 3.05) is 11.1 Å². The molecule has 1 heterocycles. The molecule has 8 heteroatoms. The predicted molar refractivity (Wildman–Crippen MR) is 100.0 cm³/mol. The van der Waals surface area contributed by atoms with E-state index in [0.717, 1.165) is 16.6 Å². The van der Waals surface area contributed by atoms with Crippen LogP contribution in [0.2, 0.25) is 0 Å². The highest BCUT2D eigenvalue weighted by Gasteiger charge is 2.25. The quantitative estimate of drug-likeness (QED) is 0.738. The van der Waals surface area contributed by atoms with Gasteiger partial charge in [-0.3, -0.25) is 4.79 Å². The van der Waals surface area contributed by atoms with E-state index in [9.17, 15) is 13.2 Å². The summed E-state index contributed by atoms with van der Waals surface area (Å²) in [7, 11) is -3.55. The maximum Gasteiger partial charge on any atom is 0.240 e. The fourth-order valence-corrected chi connectivity index (χ4v) is 4.33. The van der Waals surface area contributed by atoms with Crippen LogP contribution in [0.5, 0.6) is 0 Å². The van der Waals surface area contributed by atoms with Crippen molar-refractivity contribution in [1.29, 1.82) is 0 Å². The Bertz CT molecular complexity index is 888. The highest BCUT2D eigenvalue weighted by molar-refractivity contribution is 9.10. The van der Waals surface area contributed by atoms with Gasteiger partial charge in [0.1, 0.15) is 11.6 Å². The SMILES string of the molecule is Cc1cnn(CC2CC2)c1NC(=O)CS(=O)(=O)Cc1cccc(Br)c1. The molecule has 1 aromatic carbocycles. The summed E-state index contributed by atoms with van der Waals surface area (Å²) in [6, 6.07) is 7.07. The number of anilines is 1. The molecule has 0 saturated heterocycles. The maximum atomic E-state index is 12.3. The first-order valence-corrected chi connectivity index (χ1v) is 10.7. The van der Waals surface area contributed by atoms with E-state index in [-0.39, 0.29) is 5.75 Å². The summed E-state index contributed by atoms with van der Waals surface area (Å²) in [6.45, 7) is 2.61. The number of benzene rings is 1. The largest absolute Gasteiger partial charge is 0.310 e. The lowest BCUT2D eigenvalue weighted by molar-refractivity contribution is -0.113. The first kappa shape index (κ1) is 18.1. The van der Waals surface area contributed by atoms with E-state index >= 15 is 0 Å². The van der Waals surface area contributed by atoms with Gasteiger partial charge < -0.3 is 5.32 Å². The molecule has 3 rings (SSSR count). The zero-order chi connectivity index (χ0) is 18.0. The fraction of sp³-hybridized carbons (Fsp3) is 0.412. The van der Waals surface area contributed by atoms with Crippen LogP contribution in [0.1, 0.15) is 24.0 Å². The van der Waals surface area contributed by atoms with Gasteiger partial charge in [-0.2, -0.15) is 5.10 Å². The minimum Gasteiger partial charge on any atom is -0.310 e. The molecule has 6 nitrogen and oxygen atoms in total. The van der Waals surface area contributed by atoms with Crippen molar-refractivity contribution >= 4 is 37.5 Å². The van der Waals surface area contributed by atoms with Gasteiger partial charge in [0.25, 0.3) is 0 Å². The minimum absolute atomic E-state index is 0.166. The van der Waals surface area contributed by atoms with Crippen LogP contribution in [0.15, 0.2) is 34.9 Å². The minimum atomic E-state index is -3.55. The third-order valence-corrected chi connectivity index (χ3v) is 6.00. The Kier molecular flexibility index (Phi) is 5.29. The Labute approximate surface area is 155 Å². The van der Waals surface area contributed by atoms with E-state index in [1.807, 2.05) is 13.0 Å². The summed E-state index contributed by atoms with van der Waals surface area (Å²) in [4.78, 5) is 12.2. The Hall–Kier alpha value is -1.67. The molecule has 1 aromatic heterocycles. The Morgan fingerprint density at radius 2 is 2.16 bits per heavy atom. The highest BCUT2D eigenvalue weighted by Crippen LogP contribution is 2.31. The van der Waals surface area contributed by atoms with Gasteiger partial charge in [0.05, 0.1) is 11.9 Å². The van der Waals surface area contributed by atoms with Crippen molar-refractivity contribution in [3.8, 4) is 0 Å². The topological polar surface area (TPSA) is 81.1 Å². The van der Waals surface area contributed by atoms with E-state index < -0.39 is 21.5 Å². The Morgan fingerprint density at radius 1 is 1.40 bits per heavy atom. The Balaban J connectivity index is 1.64. The van der Waals surface area contributed by atoms with E-state index in [1.54, 1.807) is 29.1 Å². The summed E-state index contributed by atoms with van der Waals surface area (Å²) in [5.74, 6) is -0.0475. The van der Waals surface area contributed by atoms with Crippen molar-refractivity contribution in [3.05, 3.63) is 46.1 Å². The molecule has 1 saturated carbocycles. The van der Waals surface area contributed by atoms with Crippen LogP contribution in [0.4, 0.5) is 5.82 Å². The molecule has 0 spiro atoms. The molecule has 134 valence electrons. The van der Waals surface area contributed by atoms with Crippen LogP contribution in [-0.4, -0.2) is 29.9 Å². The average molecular weight is 426 g/mol. The first-order chi connectivity index (χ1) is 11.8. The van der Waals surface area contributed by atoms with Crippen LogP contribution in [0, 0.1) is 12.8 Å². The number of nitrogens with one attached hydrogen (secondary N) is 1. The average Bonchev–Trinajstić information content (AvgIpc) is 3.25. The lowest BCUT2D eigenvalue weighted by atomic mass is 10.2. The highest BCUT2D eigenvalue weighted by atomic mass is 79.9. The number of sulfone groups is 1.